The summed E-state index contributed by atoms with van der Waals surface area (Å²) in [5.41, 5.74) is 7.17. The van der Waals surface area contributed by atoms with Gasteiger partial charge >= 0.3 is 5.97 Å². The van der Waals surface area contributed by atoms with Crippen molar-refractivity contribution in [2.24, 2.45) is 5.92 Å². The van der Waals surface area contributed by atoms with E-state index in [4.69, 9.17) is 4.74 Å². The highest BCUT2D eigenvalue weighted by Crippen LogP contribution is 2.41. The van der Waals surface area contributed by atoms with Crippen LogP contribution in [0.3, 0.4) is 0 Å². The monoisotopic (exact) mass is 232 g/mol. The summed E-state index contributed by atoms with van der Waals surface area (Å²) in [6.45, 7) is 1.25. The average molecular weight is 232 g/mol. The number of carbonyl (C=O) groups is 1. The zero-order valence-corrected chi connectivity index (χ0v) is 9.61. The van der Waals surface area contributed by atoms with E-state index >= 15 is 0 Å². The van der Waals surface area contributed by atoms with E-state index in [9.17, 15) is 4.79 Å². The molecule has 2 unspecified atom stereocenters. The van der Waals surface area contributed by atoms with Gasteiger partial charge in [0.05, 0.1) is 11.5 Å². The fourth-order valence-corrected chi connectivity index (χ4v) is 2.49. The number of carbonyl (C=O) groups excluding carboxylic acids is 1. The van der Waals surface area contributed by atoms with Crippen LogP contribution in [0.4, 0.5) is 0 Å². The second-order valence-electron chi connectivity index (χ2n) is 4.82. The predicted molar refractivity (Wildman–Crippen MR) is 62.8 cm³/mol. The molecule has 2 atom stereocenters. The number of rotatable bonds is 3. The third-order valence-corrected chi connectivity index (χ3v) is 3.80. The van der Waals surface area contributed by atoms with Gasteiger partial charge in [-0.15, -0.1) is 0 Å². The van der Waals surface area contributed by atoms with Gasteiger partial charge < -0.3 is 4.74 Å². The lowest BCUT2D eigenvalue weighted by Gasteiger charge is -2.55. The van der Waals surface area contributed by atoms with E-state index in [0.29, 0.717) is 6.61 Å². The minimum absolute atomic E-state index is 0.00618. The van der Waals surface area contributed by atoms with Crippen LogP contribution in [-0.4, -0.2) is 18.1 Å². The fourth-order valence-electron chi connectivity index (χ4n) is 2.49. The number of ether oxygens (including phenoxy) is 1. The molecule has 0 aromatic heterocycles. The minimum atomic E-state index is -0.0749. The van der Waals surface area contributed by atoms with Crippen LogP contribution in [0, 0.1) is 5.92 Å². The van der Waals surface area contributed by atoms with Gasteiger partial charge in [-0.05, 0) is 18.4 Å². The van der Waals surface area contributed by atoms with E-state index in [1.165, 1.54) is 0 Å². The average Bonchev–Trinajstić information content (AvgIpc) is 2.24. The fraction of sp³-hybridized carbons (Fsp3) is 0.462. The van der Waals surface area contributed by atoms with E-state index in [-0.39, 0.29) is 17.4 Å². The van der Waals surface area contributed by atoms with Crippen LogP contribution in [0.15, 0.2) is 30.3 Å². The molecule has 4 heteroatoms. The number of hydrazine groups is 1. The van der Waals surface area contributed by atoms with Crippen LogP contribution >= 0.6 is 0 Å². The lowest BCUT2D eigenvalue weighted by Crippen LogP contribution is -2.78. The Morgan fingerprint density at radius 2 is 2.18 bits per heavy atom. The minimum Gasteiger partial charge on any atom is -0.461 e. The molecule has 2 aliphatic rings. The molecule has 1 heterocycles. The Bertz CT molecular complexity index is 409. The normalized spacial score (nSPS) is 30.5. The molecule has 3 rings (SSSR count). The van der Waals surface area contributed by atoms with Crippen molar-refractivity contribution in [3.63, 3.8) is 0 Å². The Morgan fingerprint density at radius 1 is 1.41 bits per heavy atom. The van der Waals surface area contributed by atoms with E-state index in [1.807, 2.05) is 30.3 Å². The molecule has 17 heavy (non-hydrogen) atoms. The van der Waals surface area contributed by atoms with Crippen LogP contribution in [0.1, 0.15) is 18.4 Å². The second-order valence-corrected chi connectivity index (χ2v) is 4.82. The number of hydrogen-bond acceptors (Lipinski definition) is 4. The molecule has 1 saturated heterocycles. The Kier molecular flexibility index (Phi) is 2.61. The maximum Gasteiger partial charge on any atom is 0.311 e. The number of nitrogens with one attached hydrogen (secondary N) is 2. The van der Waals surface area contributed by atoms with Crippen molar-refractivity contribution < 1.29 is 9.53 Å². The van der Waals surface area contributed by atoms with Crippen molar-refractivity contribution >= 4 is 5.97 Å². The molecular weight excluding hydrogens is 216 g/mol. The molecule has 2 fully saturated rings. The van der Waals surface area contributed by atoms with E-state index in [2.05, 4.69) is 10.9 Å². The highest BCUT2D eigenvalue weighted by molar-refractivity contribution is 5.76. The van der Waals surface area contributed by atoms with Gasteiger partial charge in [0.1, 0.15) is 6.61 Å². The number of hydrogen-bond donors (Lipinski definition) is 2. The summed E-state index contributed by atoms with van der Waals surface area (Å²) < 4.78 is 5.36. The van der Waals surface area contributed by atoms with Crippen molar-refractivity contribution in [1.29, 1.82) is 0 Å². The Labute approximate surface area is 100 Å². The zero-order valence-electron chi connectivity index (χ0n) is 9.61. The molecule has 0 amide bonds. The molecule has 1 aromatic carbocycles. The quantitative estimate of drug-likeness (QED) is 0.763. The van der Waals surface area contributed by atoms with Crippen LogP contribution in [0.5, 0.6) is 0 Å². The van der Waals surface area contributed by atoms with Crippen molar-refractivity contribution in [2.45, 2.75) is 25.0 Å². The lowest BCUT2D eigenvalue weighted by atomic mass is 9.65. The molecule has 1 saturated carbocycles. The van der Waals surface area contributed by atoms with E-state index in [0.717, 1.165) is 24.9 Å². The SMILES string of the molecule is O=C(OCc1ccccc1)C1CCC12CNN2. The summed E-state index contributed by atoms with van der Waals surface area (Å²) in [5, 5.41) is 0. The summed E-state index contributed by atoms with van der Waals surface area (Å²) in [4.78, 5) is 11.9. The maximum atomic E-state index is 11.9. The highest BCUT2D eigenvalue weighted by Gasteiger charge is 2.55. The van der Waals surface area contributed by atoms with E-state index < -0.39 is 0 Å². The first-order chi connectivity index (χ1) is 8.30. The summed E-state index contributed by atoms with van der Waals surface area (Å²) in [7, 11) is 0. The third-order valence-electron chi connectivity index (χ3n) is 3.80. The molecule has 90 valence electrons. The first kappa shape index (κ1) is 10.7. The Balaban J connectivity index is 1.54. The van der Waals surface area contributed by atoms with Gasteiger partial charge in [0.25, 0.3) is 0 Å². The summed E-state index contributed by atoms with van der Waals surface area (Å²) >= 11 is 0. The van der Waals surface area contributed by atoms with Crippen LogP contribution in [0.25, 0.3) is 0 Å². The third kappa shape index (κ3) is 1.83. The standard InChI is InChI=1S/C13H16N2O2/c16-12(11-6-7-13(11)9-14-15-13)17-8-10-4-2-1-3-5-10/h1-5,11,14-15H,6-9H2. The number of esters is 1. The van der Waals surface area contributed by atoms with Gasteiger partial charge in [-0.3, -0.25) is 10.2 Å². The second kappa shape index (κ2) is 4.13. The molecule has 4 nitrogen and oxygen atoms in total. The largest absolute Gasteiger partial charge is 0.461 e. The molecule has 0 radical (unpaired) electrons. The van der Waals surface area contributed by atoms with Gasteiger partial charge in [-0.1, -0.05) is 30.3 Å². The summed E-state index contributed by atoms with van der Waals surface area (Å²) in [6.07, 6.45) is 1.99. The molecule has 1 aliphatic heterocycles. The summed E-state index contributed by atoms with van der Waals surface area (Å²) in [5.74, 6) is -0.0541. The molecule has 2 N–H and O–H groups in total. The predicted octanol–water partition coefficient (Wildman–Crippen LogP) is 0.986. The van der Waals surface area contributed by atoms with Crippen molar-refractivity contribution in [1.82, 2.24) is 10.9 Å². The van der Waals surface area contributed by atoms with Crippen LogP contribution in [0.2, 0.25) is 0 Å². The topological polar surface area (TPSA) is 50.4 Å². The van der Waals surface area contributed by atoms with Gasteiger partial charge in [0, 0.05) is 6.54 Å². The van der Waals surface area contributed by atoms with Crippen LogP contribution in [-0.2, 0) is 16.1 Å². The van der Waals surface area contributed by atoms with Gasteiger partial charge in [-0.2, -0.15) is 0 Å². The molecule has 0 bridgehead atoms. The van der Waals surface area contributed by atoms with Crippen LogP contribution < -0.4 is 10.9 Å². The van der Waals surface area contributed by atoms with E-state index in [1.54, 1.807) is 0 Å². The first-order valence-electron chi connectivity index (χ1n) is 6.01. The molecule has 1 spiro atoms. The first-order valence-corrected chi connectivity index (χ1v) is 6.01. The van der Waals surface area contributed by atoms with Crippen molar-refractivity contribution in [3.8, 4) is 0 Å². The van der Waals surface area contributed by atoms with Gasteiger partial charge in [0.15, 0.2) is 0 Å². The molecule has 1 aromatic rings. The Hall–Kier alpha value is -1.39. The van der Waals surface area contributed by atoms with Gasteiger partial charge in [-0.25, -0.2) is 5.43 Å². The summed E-state index contributed by atoms with van der Waals surface area (Å²) in [6, 6.07) is 9.78. The lowest BCUT2D eigenvalue weighted by molar-refractivity contribution is -0.162. The molecular formula is C13H16N2O2. The smallest absolute Gasteiger partial charge is 0.311 e. The highest BCUT2D eigenvalue weighted by atomic mass is 16.5. The molecule has 1 aliphatic carbocycles. The Morgan fingerprint density at radius 3 is 2.71 bits per heavy atom. The number of benzene rings is 1. The van der Waals surface area contributed by atoms with Gasteiger partial charge in [0.2, 0.25) is 0 Å². The van der Waals surface area contributed by atoms with Crippen molar-refractivity contribution in [3.05, 3.63) is 35.9 Å². The zero-order chi connectivity index (χ0) is 11.7. The van der Waals surface area contributed by atoms with Crippen molar-refractivity contribution in [2.75, 3.05) is 6.54 Å². The maximum absolute atomic E-state index is 11.9.